The average Bonchev–Trinajstić information content (AvgIpc) is 2.21. The topological polar surface area (TPSA) is 9.23 Å². The quantitative estimate of drug-likeness (QED) is 0.757. The molecule has 0 aliphatic carbocycles. The molecule has 0 saturated carbocycles. The first-order valence-electron chi connectivity index (χ1n) is 4.00. The van der Waals surface area contributed by atoms with Gasteiger partial charge < -0.3 is 4.74 Å². The van der Waals surface area contributed by atoms with E-state index < -0.39 is 0 Å². The third kappa shape index (κ3) is 2.52. The number of rotatable bonds is 2. The molecule has 1 aliphatic rings. The van der Waals surface area contributed by atoms with Crippen LogP contribution in [0, 0.1) is 0 Å². The van der Waals surface area contributed by atoms with Gasteiger partial charge in [-0.25, -0.2) is 0 Å². The van der Waals surface area contributed by atoms with E-state index in [-0.39, 0.29) is 20.7 Å². The van der Waals surface area contributed by atoms with Crippen LogP contribution in [-0.4, -0.2) is 4.01 Å². The molecule has 0 amide bonds. The van der Waals surface area contributed by atoms with E-state index >= 15 is 0 Å². The molecule has 1 nitrogen and oxygen atoms in total. The molecule has 2 rings (SSSR count). The summed E-state index contributed by atoms with van der Waals surface area (Å²) in [5.74, 6) is 1.82. The average molecular weight is 284 g/mol. The zero-order valence-electron chi connectivity index (χ0n) is 6.98. The van der Waals surface area contributed by atoms with Crippen LogP contribution in [0.1, 0.15) is 0 Å². The van der Waals surface area contributed by atoms with E-state index in [1.165, 1.54) is 0 Å². The van der Waals surface area contributed by atoms with E-state index in [9.17, 15) is 0 Å². The first kappa shape index (κ1) is 8.69. The maximum atomic E-state index is 5.62. The molecule has 66 valence electrons. The third-order valence-electron chi connectivity index (χ3n) is 1.58. The van der Waals surface area contributed by atoms with Crippen LogP contribution >= 0.6 is 20.7 Å². The summed E-state index contributed by atoms with van der Waals surface area (Å²) in [7, 11) is 0. The predicted octanol–water partition coefficient (Wildman–Crippen LogP) is 3.25. The van der Waals surface area contributed by atoms with Gasteiger partial charge in [0.2, 0.25) is 0 Å². The van der Waals surface area contributed by atoms with Crippen LogP contribution in [0.5, 0.6) is 5.75 Å². The molecule has 0 fully saturated rings. The van der Waals surface area contributed by atoms with Crippen molar-refractivity contribution in [3.8, 4) is 5.75 Å². The summed E-state index contributed by atoms with van der Waals surface area (Å²) in [5.41, 5.74) is 0. The minimum absolute atomic E-state index is 0.149. The Morgan fingerprint density at radius 1 is 1.08 bits per heavy atom. The molecule has 1 aliphatic heterocycles. The molecule has 1 heterocycles. The van der Waals surface area contributed by atoms with Crippen molar-refractivity contribution in [2.75, 3.05) is 0 Å². The van der Waals surface area contributed by atoms with Crippen molar-refractivity contribution in [2.24, 2.45) is 0 Å². The monoisotopic (exact) mass is 284 g/mol. The second-order valence-corrected chi connectivity index (χ2v) is 4.69. The lowest BCUT2D eigenvalue weighted by Crippen LogP contribution is -1.92. The SMILES string of the molecule is C1=CC(Oc2ccccc2)=CC=I1. The highest BCUT2D eigenvalue weighted by Gasteiger charge is 1.96. The standard InChI is InChI=1S/C11H9IO/c1-2-4-10(5-3-1)13-11-6-8-12-9-7-11/h1-9H. The van der Waals surface area contributed by atoms with Gasteiger partial charge in [0, 0.05) is 0 Å². The van der Waals surface area contributed by atoms with Gasteiger partial charge in [0.05, 0.1) is 0 Å². The first-order chi connectivity index (χ1) is 6.45. The molecule has 0 saturated heterocycles. The van der Waals surface area contributed by atoms with Gasteiger partial charge in [-0.05, 0) is 32.4 Å². The molecule has 0 bridgehead atoms. The van der Waals surface area contributed by atoms with E-state index in [0.717, 1.165) is 11.5 Å². The molecule has 2 heteroatoms. The van der Waals surface area contributed by atoms with Gasteiger partial charge in [0.25, 0.3) is 0 Å². The van der Waals surface area contributed by atoms with Gasteiger partial charge in [0.1, 0.15) is 11.5 Å². The smallest absolute Gasteiger partial charge is 0.128 e. The van der Waals surface area contributed by atoms with Crippen LogP contribution in [0.15, 0.2) is 52.3 Å². The second-order valence-electron chi connectivity index (χ2n) is 2.53. The fourth-order valence-electron chi connectivity index (χ4n) is 0.987. The lowest BCUT2D eigenvalue weighted by Gasteiger charge is -2.06. The zero-order valence-corrected chi connectivity index (χ0v) is 9.14. The van der Waals surface area contributed by atoms with Crippen LogP contribution in [0.3, 0.4) is 0 Å². The fraction of sp³-hybridized carbons (Fsp3) is 0. The third-order valence-corrected chi connectivity index (χ3v) is 3.13. The fourth-order valence-corrected chi connectivity index (χ4v) is 2.35. The maximum Gasteiger partial charge on any atom is 0.128 e. The largest absolute Gasteiger partial charge is 0.457 e. The molecule has 13 heavy (non-hydrogen) atoms. The number of benzene rings is 1. The molecule has 1 aromatic rings. The highest BCUT2D eigenvalue weighted by molar-refractivity contribution is 14.2. The van der Waals surface area contributed by atoms with Crippen molar-refractivity contribution in [3.63, 3.8) is 0 Å². The van der Waals surface area contributed by atoms with Crippen molar-refractivity contribution < 1.29 is 4.74 Å². The molecule has 0 radical (unpaired) electrons. The minimum atomic E-state index is 0.149. The number of halogens is 1. The Morgan fingerprint density at radius 2 is 1.92 bits per heavy atom. The number of ether oxygens (including phenoxy) is 1. The molecular formula is C11H9IO. The van der Waals surface area contributed by atoms with E-state index in [1.807, 2.05) is 42.5 Å². The minimum Gasteiger partial charge on any atom is -0.457 e. The van der Waals surface area contributed by atoms with Gasteiger partial charge >= 0.3 is 0 Å². The molecular weight excluding hydrogens is 275 g/mol. The van der Waals surface area contributed by atoms with Gasteiger partial charge in [-0.1, -0.05) is 38.9 Å². The summed E-state index contributed by atoms with van der Waals surface area (Å²) in [5, 5.41) is 0. The van der Waals surface area contributed by atoms with Crippen LogP contribution in [0.25, 0.3) is 0 Å². The second kappa shape index (κ2) is 4.37. The first-order valence-corrected chi connectivity index (χ1v) is 6.49. The van der Waals surface area contributed by atoms with Gasteiger partial charge in [-0.2, -0.15) is 0 Å². The predicted molar refractivity (Wildman–Crippen MR) is 64.4 cm³/mol. The van der Waals surface area contributed by atoms with Crippen LogP contribution < -0.4 is 4.74 Å². The summed E-state index contributed by atoms with van der Waals surface area (Å²) < 4.78 is 10.00. The Bertz CT molecular complexity index is 363. The van der Waals surface area contributed by atoms with Crippen molar-refractivity contribution in [1.29, 1.82) is 0 Å². The Balaban J connectivity index is 2.11. The summed E-state index contributed by atoms with van der Waals surface area (Å²) in [6.07, 6.45) is 4.08. The van der Waals surface area contributed by atoms with Crippen LogP contribution in [0.4, 0.5) is 0 Å². The summed E-state index contributed by atoms with van der Waals surface area (Å²) in [6, 6.07) is 9.84. The lowest BCUT2D eigenvalue weighted by atomic mass is 10.3. The van der Waals surface area contributed by atoms with E-state index in [2.05, 4.69) is 8.09 Å². The Kier molecular flexibility index (Phi) is 2.92. The molecule has 1 aromatic carbocycles. The summed E-state index contributed by atoms with van der Waals surface area (Å²) in [4.78, 5) is 0. The number of para-hydroxylation sites is 1. The maximum absolute atomic E-state index is 5.62. The number of hydrogen-bond acceptors (Lipinski definition) is 1. The molecule has 0 atom stereocenters. The highest BCUT2D eigenvalue weighted by Crippen LogP contribution is 2.16. The Morgan fingerprint density at radius 3 is 2.62 bits per heavy atom. The van der Waals surface area contributed by atoms with Crippen molar-refractivity contribution in [2.45, 2.75) is 0 Å². The van der Waals surface area contributed by atoms with Crippen molar-refractivity contribution in [3.05, 3.63) is 52.3 Å². The number of hydrogen-bond donors (Lipinski definition) is 0. The number of allylic oxidation sites excluding steroid dienone is 2. The zero-order chi connectivity index (χ0) is 8.93. The Labute approximate surface area is 87.5 Å². The normalized spacial score (nSPS) is 14.6. The molecule has 0 unspecified atom stereocenters. The van der Waals surface area contributed by atoms with Crippen LogP contribution in [0.2, 0.25) is 0 Å². The van der Waals surface area contributed by atoms with E-state index in [4.69, 9.17) is 4.74 Å². The van der Waals surface area contributed by atoms with Crippen LogP contribution in [-0.2, 0) is 0 Å². The Hall–Kier alpha value is -0.900. The van der Waals surface area contributed by atoms with E-state index in [0.29, 0.717) is 0 Å². The molecule has 0 aromatic heterocycles. The summed E-state index contributed by atoms with van der Waals surface area (Å²) in [6.45, 7) is 0. The van der Waals surface area contributed by atoms with Crippen molar-refractivity contribution >= 4 is 24.7 Å². The van der Waals surface area contributed by atoms with Gasteiger partial charge in [-0.15, -0.1) is 0 Å². The molecule has 0 spiro atoms. The van der Waals surface area contributed by atoms with Gasteiger partial charge in [0.15, 0.2) is 0 Å². The van der Waals surface area contributed by atoms with E-state index in [1.54, 1.807) is 0 Å². The highest BCUT2D eigenvalue weighted by atomic mass is 127. The molecule has 0 N–H and O–H groups in total. The van der Waals surface area contributed by atoms with Gasteiger partial charge in [-0.3, -0.25) is 0 Å². The summed E-state index contributed by atoms with van der Waals surface area (Å²) >= 11 is 0.149. The van der Waals surface area contributed by atoms with Crippen molar-refractivity contribution in [1.82, 2.24) is 0 Å². The lowest BCUT2D eigenvalue weighted by molar-refractivity contribution is 0.445.